The molecule has 0 aliphatic heterocycles. The number of nitrogens with one attached hydrogen (secondary N) is 1. The van der Waals surface area contributed by atoms with Crippen molar-refractivity contribution in [2.45, 2.75) is 45.1 Å². The first-order valence-corrected chi connectivity index (χ1v) is 7.88. The van der Waals surface area contributed by atoms with E-state index in [-0.39, 0.29) is 11.4 Å². The molecule has 122 valence electrons. The van der Waals surface area contributed by atoms with Crippen LogP contribution in [0.15, 0.2) is 41.0 Å². The first-order valence-electron chi connectivity index (χ1n) is 7.88. The summed E-state index contributed by atoms with van der Waals surface area (Å²) >= 11 is 0. The molecule has 1 aromatic carbocycles. The van der Waals surface area contributed by atoms with Crippen LogP contribution in [0.4, 0.5) is 0 Å². The van der Waals surface area contributed by atoms with Gasteiger partial charge in [0.05, 0.1) is 5.52 Å². The molecule has 0 aliphatic carbocycles. The monoisotopic (exact) mass is 312 g/mol. The molecule has 6 nitrogen and oxygen atoms in total. The van der Waals surface area contributed by atoms with E-state index in [1.165, 1.54) is 4.68 Å². The quantitative estimate of drug-likeness (QED) is 0.607. The lowest BCUT2D eigenvalue weighted by Gasteiger charge is -2.27. The van der Waals surface area contributed by atoms with Crippen molar-refractivity contribution in [1.29, 1.82) is 5.41 Å². The Morgan fingerprint density at radius 2 is 2.17 bits per heavy atom. The molecule has 0 amide bonds. The zero-order valence-corrected chi connectivity index (χ0v) is 13.8. The maximum Gasteiger partial charge on any atom is 0.150 e. The van der Waals surface area contributed by atoms with E-state index in [0.717, 1.165) is 30.3 Å². The van der Waals surface area contributed by atoms with E-state index in [0.29, 0.717) is 12.1 Å². The molecular formula is C17H24N6. The minimum atomic E-state index is -0.313. The molecule has 0 saturated heterocycles. The molecule has 1 atom stereocenters. The number of benzene rings is 1. The van der Waals surface area contributed by atoms with Crippen LogP contribution >= 0.6 is 0 Å². The van der Waals surface area contributed by atoms with Crippen LogP contribution in [0.25, 0.3) is 11.0 Å². The summed E-state index contributed by atoms with van der Waals surface area (Å²) in [5.41, 5.74) is 8.37. The molecule has 1 unspecified atom stereocenters. The summed E-state index contributed by atoms with van der Waals surface area (Å²) < 4.78 is 1.49. The zero-order valence-electron chi connectivity index (χ0n) is 13.8. The third-order valence-electron chi connectivity index (χ3n) is 4.07. The molecule has 3 N–H and O–H groups in total. The molecule has 0 saturated carbocycles. The molecule has 6 heteroatoms. The predicted molar refractivity (Wildman–Crippen MR) is 95.0 cm³/mol. The van der Waals surface area contributed by atoms with Crippen molar-refractivity contribution in [3.63, 3.8) is 0 Å². The lowest BCUT2D eigenvalue weighted by Crippen LogP contribution is -2.39. The SMILES string of the molecule is C=N/C(=C/C(=N)n1nnc2ccccc21)CC(N)(CC)CCC. The average Bonchev–Trinajstić information content (AvgIpc) is 2.98. The van der Waals surface area contributed by atoms with E-state index >= 15 is 0 Å². The highest BCUT2D eigenvalue weighted by molar-refractivity contribution is 5.97. The molecule has 1 heterocycles. The van der Waals surface area contributed by atoms with Crippen molar-refractivity contribution in [2.24, 2.45) is 10.7 Å². The Morgan fingerprint density at radius 1 is 1.43 bits per heavy atom. The standard InChI is InChI=1S/C17H24N6/c1-4-10-17(19,5-2)12-13(20-3)11-16(18)23-15-9-7-6-8-14(15)21-22-23/h6-9,11,18H,3-5,10,12,19H2,1-2H3/b13-11+,18-16?. The van der Waals surface area contributed by atoms with E-state index < -0.39 is 0 Å². The molecule has 2 rings (SSSR count). The Balaban J connectivity index is 2.27. The van der Waals surface area contributed by atoms with Crippen LogP contribution < -0.4 is 5.73 Å². The first-order chi connectivity index (χ1) is 11.0. The number of para-hydroxylation sites is 1. The van der Waals surface area contributed by atoms with E-state index in [2.05, 4.69) is 35.9 Å². The molecule has 0 bridgehead atoms. The fourth-order valence-electron chi connectivity index (χ4n) is 2.67. The Morgan fingerprint density at radius 3 is 2.83 bits per heavy atom. The maximum atomic E-state index is 8.28. The van der Waals surface area contributed by atoms with Gasteiger partial charge in [-0.15, -0.1) is 5.10 Å². The van der Waals surface area contributed by atoms with E-state index in [4.69, 9.17) is 11.1 Å². The van der Waals surface area contributed by atoms with E-state index in [1.54, 1.807) is 6.08 Å². The Labute approximate surface area is 136 Å². The Hall–Kier alpha value is -2.34. The van der Waals surface area contributed by atoms with Gasteiger partial charge >= 0.3 is 0 Å². The molecular weight excluding hydrogens is 288 g/mol. The summed E-state index contributed by atoms with van der Waals surface area (Å²) in [6.07, 6.45) is 5.04. The largest absolute Gasteiger partial charge is 0.325 e. The highest BCUT2D eigenvalue weighted by atomic mass is 15.4. The van der Waals surface area contributed by atoms with Crippen molar-refractivity contribution < 1.29 is 0 Å². The van der Waals surface area contributed by atoms with E-state index in [9.17, 15) is 0 Å². The summed E-state index contributed by atoms with van der Waals surface area (Å²) in [6.45, 7) is 7.81. The molecule has 0 fully saturated rings. The van der Waals surface area contributed by atoms with E-state index in [1.807, 2.05) is 24.3 Å². The molecule has 0 radical (unpaired) electrons. The lowest BCUT2D eigenvalue weighted by molar-refractivity contribution is 0.371. The number of rotatable bonds is 7. The number of aliphatic imine (C=N–C) groups is 1. The van der Waals surface area contributed by atoms with Crippen molar-refractivity contribution >= 4 is 23.6 Å². The Kier molecular flexibility index (Phi) is 5.39. The molecule has 0 aliphatic rings. The summed E-state index contributed by atoms with van der Waals surface area (Å²) in [5, 5.41) is 16.4. The zero-order chi connectivity index (χ0) is 16.9. The second-order valence-corrected chi connectivity index (χ2v) is 5.81. The second kappa shape index (κ2) is 7.28. The topological polar surface area (TPSA) is 92.9 Å². The fourth-order valence-corrected chi connectivity index (χ4v) is 2.67. The number of hydrogen-bond acceptors (Lipinski definition) is 5. The van der Waals surface area contributed by atoms with Gasteiger partial charge < -0.3 is 5.73 Å². The third kappa shape index (κ3) is 3.90. The first kappa shape index (κ1) is 17.0. The van der Waals surface area contributed by atoms with Gasteiger partial charge in [-0.1, -0.05) is 37.6 Å². The van der Waals surface area contributed by atoms with Gasteiger partial charge in [-0.2, -0.15) is 4.68 Å². The minimum Gasteiger partial charge on any atom is -0.325 e. The van der Waals surface area contributed by atoms with Gasteiger partial charge in [-0.05, 0) is 31.7 Å². The summed E-state index contributed by atoms with van der Waals surface area (Å²) in [7, 11) is 0. The Bertz CT molecular complexity index is 730. The maximum absolute atomic E-state index is 8.28. The van der Waals surface area contributed by atoms with Crippen molar-refractivity contribution in [3.05, 3.63) is 36.0 Å². The number of allylic oxidation sites excluding steroid dienone is 1. The van der Waals surface area contributed by atoms with Crippen LogP contribution in [0.3, 0.4) is 0 Å². The van der Waals surface area contributed by atoms with Gasteiger partial charge in [0.1, 0.15) is 11.4 Å². The number of nitrogens with zero attached hydrogens (tertiary/aromatic N) is 4. The van der Waals surface area contributed by atoms with Crippen LogP contribution in [-0.4, -0.2) is 33.1 Å². The number of nitrogens with two attached hydrogens (primary N) is 1. The second-order valence-electron chi connectivity index (χ2n) is 5.81. The van der Waals surface area contributed by atoms with Crippen LogP contribution in [0.5, 0.6) is 0 Å². The van der Waals surface area contributed by atoms with Crippen LogP contribution in [-0.2, 0) is 0 Å². The van der Waals surface area contributed by atoms with Gasteiger partial charge in [0, 0.05) is 23.7 Å². The third-order valence-corrected chi connectivity index (χ3v) is 4.07. The van der Waals surface area contributed by atoms with Gasteiger partial charge in [0.25, 0.3) is 0 Å². The normalized spacial score (nSPS) is 14.7. The van der Waals surface area contributed by atoms with Gasteiger partial charge in [0.2, 0.25) is 0 Å². The number of fused-ring (bicyclic) bond motifs is 1. The molecule has 0 spiro atoms. The van der Waals surface area contributed by atoms with Gasteiger partial charge in [-0.25, -0.2) is 0 Å². The number of hydrogen-bond donors (Lipinski definition) is 2. The van der Waals surface area contributed by atoms with Crippen LogP contribution in [0, 0.1) is 5.41 Å². The summed E-state index contributed by atoms with van der Waals surface area (Å²) in [4.78, 5) is 4.06. The summed E-state index contributed by atoms with van der Waals surface area (Å²) in [6, 6.07) is 7.54. The molecule has 2 aromatic rings. The highest BCUT2D eigenvalue weighted by Gasteiger charge is 2.23. The molecule has 23 heavy (non-hydrogen) atoms. The van der Waals surface area contributed by atoms with Crippen LogP contribution in [0.2, 0.25) is 0 Å². The minimum absolute atomic E-state index is 0.205. The number of aromatic nitrogens is 3. The lowest BCUT2D eigenvalue weighted by atomic mass is 9.87. The highest BCUT2D eigenvalue weighted by Crippen LogP contribution is 2.24. The predicted octanol–water partition coefficient (Wildman–Crippen LogP) is 3.14. The van der Waals surface area contributed by atoms with Crippen molar-refractivity contribution in [3.8, 4) is 0 Å². The van der Waals surface area contributed by atoms with Gasteiger partial charge in [-0.3, -0.25) is 10.4 Å². The van der Waals surface area contributed by atoms with Crippen molar-refractivity contribution in [2.75, 3.05) is 0 Å². The average molecular weight is 312 g/mol. The summed E-state index contributed by atoms with van der Waals surface area (Å²) in [5.74, 6) is 0.205. The smallest absolute Gasteiger partial charge is 0.150 e. The van der Waals surface area contributed by atoms with Crippen molar-refractivity contribution in [1.82, 2.24) is 15.0 Å². The fraction of sp³-hybridized carbons (Fsp3) is 0.412. The molecule has 1 aromatic heterocycles. The van der Waals surface area contributed by atoms with Crippen LogP contribution in [0.1, 0.15) is 39.5 Å². The van der Waals surface area contributed by atoms with Gasteiger partial charge in [0.15, 0.2) is 0 Å².